The number of carboxylic acid groups (broad SMARTS) is 1. The van der Waals surface area contributed by atoms with E-state index in [9.17, 15) is 22.8 Å². The van der Waals surface area contributed by atoms with Gasteiger partial charge in [0.25, 0.3) is 11.5 Å². The molecule has 0 saturated carbocycles. The molecule has 1 amide bonds. The molecule has 13 heteroatoms. The van der Waals surface area contributed by atoms with E-state index >= 15 is 0 Å². The Bertz CT molecular complexity index is 1460. The average molecular weight is 553 g/mol. The number of amides is 1. The molecule has 0 atom stereocenters. The molecule has 0 bridgehead atoms. The van der Waals surface area contributed by atoms with E-state index < -0.39 is 12.1 Å². The van der Waals surface area contributed by atoms with Gasteiger partial charge in [-0.3, -0.25) is 9.59 Å². The maximum Gasteiger partial charge on any atom is 0.490 e. The zero-order valence-corrected chi connectivity index (χ0v) is 21.6. The third-order valence-electron chi connectivity index (χ3n) is 5.52. The fourth-order valence-electron chi connectivity index (χ4n) is 3.60. The molecule has 0 fully saturated rings. The van der Waals surface area contributed by atoms with E-state index in [0.717, 1.165) is 41.4 Å². The van der Waals surface area contributed by atoms with Gasteiger partial charge in [-0.05, 0) is 18.9 Å². The topological polar surface area (TPSA) is 115 Å². The second-order valence-corrected chi connectivity index (χ2v) is 9.28. The summed E-state index contributed by atoms with van der Waals surface area (Å²) in [6, 6.07) is 7.76. The molecule has 0 radical (unpaired) electrons. The van der Waals surface area contributed by atoms with Crippen molar-refractivity contribution in [3.05, 3.63) is 58.2 Å². The van der Waals surface area contributed by atoms with Gasteiger partial charge in [0.15, 0.2) is 5.75 Å². The molecule has 4 rings (SSSR count). The molecule has 4 aromatic rings. The number of unbranched alkanes of at least 4 members (excludes halogenated alkanes) is 1. The number of para-hydroxylation sites is 1. The molecule has 3 heterocycles. The highest BCUT2D eigenvalue weighted by molar-refractivity contribution is 7.22. The first-order valence-electron chi connectivity index (χ1n) is 11.8. The minimum absolute atomic E-state index is 0.143. The Labute approximate surface area is 219 Å². The standard InChI is InChI=1S/C23H26N4O3S.C2HF3O2/c1-3-4-14-30-19-18-20(16-8-5-6-9-17(16)26(2)23(18)29)31-21(19)22(28)25-10-7-12-27-13-11-24-15-27;3-2(4,5)1(6)7/h5-6,8-9,11,13,15H,3-4,7,10,12,14H2,1-2H3,(H,25,28);(H,6,7). The van der Waals surface area contributed by atoms with Crippen LogP contribution in [0.25, 0.3) is 21.0 Å². The lowest BCUT2D eigenvalue weighted by Gasteiger charge is -2.09. The van der Waals surface area contributed by atoms with Crippen molar-refractivity contribution in [3.8, 4) is 5.75 Å². The number of aromatic nitrogens is 3. The molecule has 0 aliphatic rings. The lowest BCUT2D eigenvalue weighted by atomic mass is 10.1. The van der Waals surface area contributed by atoms with Crippen molar-refractivity contribution in [2.45, 2.75) is 38.9 Å². The number of benzene rings is 1. The van der Waals surface area contributed by atoms with Gasteiger partial charge in [-0.2, -0.15) is 13.2 Å². The molecule has 0 aliphatic carbocycles. The maximum absolute atomic E-state index is 13.2. The van der Waals surface area contributed by atoms with Gasteiger partial charge in [0, 0.05) is 37.9 Å². The van der Waals surface area contributed by atoms with Crippen LogP contribution in [0.3, 0.4) is 0 Å². The minimum atomic E-state index is -5.08. The number of carboxylic acids is 1. The third-order valence-corrected chi connectivity index (χ3v) is 6.73. The molecule has 1 aromatic carbocycles. The fraction of sp³-hybridized carbons (Fsp3) is 0.360. The number of fused-ring (bicyclic) bond motifs is 3. The van der Waals surface area contributed by atoms with E-state index in [1.807, 2.05) is 35.0 Å². The Morgan fingerprint density at radius 1 is 1.21 bits per heavy atom. The van der Waals surface area contributed by atoms with Crippen molar-refractivity contribution < 1.29 is 32.6 Å². The Balaban J connectivity index is 0.000000505. The van der Waals surface area contributed by atoms with E-state index in [1.54, 1.807) is 24.1 Å². The van der Waals surface area contributed by atoms with Crippen LogP contribution in [0, 0.1) is 0 Å². The van der Waals surface area contributed by atoms with Crippen molar-refractivity contribution in [1.82, 2.24) is 19.4 Å². The summed E-state index contributed by atoms with van der Waals surface area (Å²) in [5, 5.41) is 11.5. The molecule has 0 saturated heterocycles. The van der Waals surface area contributed by atoms with E-state index in [2.05, 4.69) is 17.2 Å². The van der Waals surface area contributed by atoms with Crippen LogP contribution in [-0.2, 0) is 18.4 Å². The molecule has 0 aliphatic heterocycles. The molecular formula is C25H27F3N4O5S. The predicted molar refractivity (Wildman–Crippen MR) is 138 cm³/mol. The molecule has 9 nitrogen and oxygen atoms in total. The largest absolute Gasteiger partial charge is 0.491 e. The van der Waals surface area contributed by atoms with Crippen LogP contribution in [0.1, 0.15) is 35.9 Å². The Kier molecular flexibility index (Phi) is 9.50. The maximum atomic E-state index is 13.2. The van der Waals surface area contributed by atoms with Crippen LogP contribution in [-0.4, -0.2) is 50.4 Å². The zero-order chi connectivity index (χ0) is 27.9. The quantitative estimate of drug-likeness (QED) is 0.294. The van der Waals surface area contributed by atoms with Crippen LogP contribution in [0.15, 0.2) is 47.8 Å². The Morgan fingerprint density at radius 3 is 2.55 bits per heavy atom. The predicted octanol–water partition coefficient (Wildman–Crippen LogP) is 4.58. The normalized spacial score (nSPS) is 11.3. The number of hydrogen-bond acceptors (Lipinski definition) is 6. The van der Waals surface area contributed by atoms with E-state index in [4.69, 9.17) is 14.6 Å². The number of aryl methyl sites for hydroxylation is 2. The summed E-state index contributed by atoms with van der Waals surface area (Å²) in [4.78, 5) is 39.6. The van der Waals surface area contributed by atoms with Crippen LogP contribution in [0.5, 0.6) is 5.75 Å². The van der Waals surface area contributed by atoms with Crippen LogP contribution in [0.2, 0.25) is 0 Å². The number of thiophene rings is 1. The van der Waals surface area contributed by atoms with Gasteiger partial charge in [0.2, 0.25) is 0 Å². The summed E-state index contributed by atoms with van der Waals surface area (Å²) in [6.07, 6.45) is 2.92. The van der Waals surface area contributed by atoms with Gasteiger partial charge >= 0.3 is 12.1 Å². The second-order valence-electron chi connectivity index (χ2n) is 8.26. The number of rotatable bonds is 9. The van der Waals surface area contributed by atoms with Crippen molar-refractivity contribution in [2.24, 2.45) is 7.05 Å². The minimum Gasteiger partial charge on any atom is -0.491 e. The summed E-state index contributed by atoms with van der Waals surface area (Å²) < 4.78 is 42.2. The van der Waals surface area contributed by atoms with Crippen LogP contribution < -0.4 is 15.6 Å². The van der Waals surface area contributed by atoms with Gasteiger partial charge in [0.05, 0.1) is 23.2 Å². The first-order valence-corrected chi connectivity index (χ1v) is 12.6. The number of ether oxygens (including phenoxy) is 1. The van der Waals surface area contributed by atoms with Crippen molar-refractivity contribution in [2.75, 3.05) is 13.2 Å². The Hall–Kier alpha value is -3.87. The first-order chi connectivity index (χ1) is 18.1. The van der Waals surface area contributed by atoms with Crippen molar-refractivity contribution in [3.63, 3.8) is 0 Å². The van der Waals surface area contributed by atoms with Crippen molar-refractivity contribution in [1.29, 1.82) is 0 Å². The van der Waals surface area contributed by atoms with E-state index in [0.29, 0.717) is 29.2 Å². The van der Waals surface area contributed by atoms with Crippen molar-refractivity contribution >= 4 is 44.2 Å². The summed E-state index contributed by atoms with van der Waals surface area (Å²) >= 11 is 1.33. The van der Waals surface area contributed by atoms with Gasteiger partial charge in [-0.25, -0.2) is 9.78 Å². The van der Waals surface area contributed by atoms with Gasteiger partial charge in [-0.1, -0.05) is 31.5 Å². The smallest absolute Gasteiger partial charge is 0.490 e. The SMILES string of the molecule is CCCCOc1c(C(=O)NCCCn2ccnc2)sc2c1c(=O)n(C)c1ccccc21.O=C(O)C(F)(F)F. The van der Waals surface area contributed by atoms with E-state index in [-0.39, 0.29) is 11.5 Å². The number of aliphatic carboxylic acids is 1. The second kappa shape index (κ2) is 12.6. The number of carbonyl (C=O) groups excluding carboxylic acids is 1. The zero-order valence-electron chi connectivity index (χ0n) is 20.7. The third kappa shape index (κ3) is 6.71. The van der Waals surface area contributed by atoms with E-state index in [1.165, 1.54) is 11.3 Å². The van der Waals surface area contributed by atoms with Crippen LogP contribution in [0.4, 0.5) is 13.2 Å². The van der Waals surface area contributed by atoms with Gasteiger partial charge < -0.3 is 24.3 Å². The number of alkyl halides is 3. The highest BCUT2D eigenvalue weighted by atomic mass is 32.1. The molecule has 0 spiro atoms. The Morgan fingerprint density at radius 2 is 1.92 bits per heavy atom. The molecule has 204 valence electrons. The van der Waals surface area contributed by atoms with Gasteiger partial charge in [-0.15, -0.1) is 11.3 Å². The molecular weight excluding hydrogens is 525 g/mol. The number of halogens is 3. The number of carbonyl (C=O) groups is 2. The summed E-state index contributed by atoms with van der Waals surface area (Å²) in [5.74, 6) is -2.55. The average Bonchev–Trinajstić information content (AvgIpc) is 3.53. The number of nitrogens with zero attached hydrogens (tertiary/aromatic N) is 3. The number of nitrogens with one attached hydrogen (secondary N) is 1. The summed E-state index contributed by atoms with van der Waals surface area (Å²) in [5.41, 5.74) is 0.698. The highest BCUT2D eigenvalue weighted by Gasteiger charge is 2.38. The summed E-state index contributed by atoms with van der Waals surface area (Å²) in [7, 11) is 1.76. The molecule has 3 aromatic heterocycles. The van der Waals surface area contributed by atoms with Crippen LogP contribution >= 0.6 is 11.3 Å². The monoisotopic (exact) mass is 552 g/mol. The van der Waals surface area contributed by atoms with Gasteiger partial charge in [0.1, 0.15) is 10.3 Å². The molecule has 38 heavy (non-hydrogen) atoms. The molecule has 0 unspecified atom stereocenters. The number of imidazole rings is 1. The molecule has 2 N–H and O–H groups in total. The summed E-state index contributed by atoms with van der Waals surface area (Å²) in [6.45, 7) is 3.85. The lowest BCUT2D eigenvalue weighted by Crippen LogP contribution is -2.25. The highest BCUT2D eigenvalue weighted by Crippen LogP contribution is 2.39. The first kappa shape index (κ1) is 28.7. The lowest BCUT2D eigenvalue weighted by molar-refractivity contribution is -0.192. The fourth-order valence-corrected chi connectivity index (χ4v) is 4.79. The number of hydrogen-bond donors (Lipinski definition) is 2. The number of pyridine rings is 1.